The summed E-state index contributed by atoms with van der Waals surface area (Å²) in [5.74, 6) is -0.757. The van der Waals surface area contributed by atoms with Crippen LogP contribution in [0.3, 0.4) is 0 Å². The predicted molar refractivity (Wildman–Crippen MR) is 86.6 cm³/mol. The molecule has 0 bridgehead atoms. The van der Waals surface area contributed by atoms with E-state index >= 15 is 0 Å². The Labute approximate surface area is 137 Å². The normalized spacial score (nSPS) is 19.3. The molecule has 0 unspecified atom stereocenters. The van der Waals surface area contributed by atoms with E-state index in [1.165, 1.54) is 4.90 Å². The SMILES string of the molecule is CCCC[C@H](NC(=O)OC(C)(C)C)C(=O)N1CCC[C@H]1C(N)=O. The fourth-order valence-corrected chi connectivity index (χ4v) is 2.64. The lowest BCUT2D eigenvalue weighted by Gasteiger charge is -2.28. The van der Waals surface area contributed by atoms with Gasteiger partial charge < -0.3 is 20.7 Å². The van der Waals surface area contributed by atoms with E-state index in [0.29, 0.717) is 19.4 Å². The van der Waals surface area contributed by atoms with Crippen molar-refractivity contribution in [2.24, 2.45) is 5.73 Å². The van der Waals surface area contributed by atoms with Crippen LogP contribution >= 0.6 is 0 Å². The van der Waals surface area contributed by atoms with Crippen molar-refractivity contribution in [3.63, 3.8) is 0 Å². The van der Waals surface area contributed by atoms with Gasteiger partial charge in [0.15, 0.2) is 0 Å². The van der Waals surface area contributed by atoms with Gasteiger partial charge in [-0.25, -0.2) is 4.79 Å². The quantitative estimate of drug-likeness (QED) is 0.772. The highest BCUT2D eigenvalue weighted by atomic mass is 16.6. The fraction of sp³-hybridized carbons (Fsp3) is 0.812. The van der Waals surface area contributed by atoms with Gasteiger partial charge in [-0.05, 0) is 40.0 Å². The number of carbonyl (C=O) groups is 3. The first-order valence-corrected chi connectivity index (χ1v) is 8.25. The van der Waals surface area contributed by atoms with Gasteiger partial charge in [0.2, 0.25) is 11.8 Å². The Bertz CT molecular complexity index is 445. The first-order valence-electron chi connectivity index (χ1n) is 8.25. The molecular weight excluding hydrogens is 298 g/mol. The van der Waals surface area contributed by atoms with E-state index in [1.807, 2.05) is 6.92 Å². The summed E-state index contributed by atoms with van der Waals surface area (Å²) in [6.07, 6.45) is 2.90. The lowest BCUT2D eigenvalue weighted by atomic mass is 10.1. The molecule has 1 saturated heterocycles. The molecule has 132 valence electrons. The largest absolute Gasteiger partial charge is 0.444 e. The number of hydrogen-bond donors (Lipinski definition) is 2. The van der Waals surface area contributed by atoms with Crippen LogP contribution in [0, 0.1) is 0 Å². The number of primary amides is 1. The minimum Gasteiger partial charge on any atom is -0.444 e. The topological polar surface area (TPSA) is 102 Å². The first kappa shape index (κ1) is 19.3. The third-order valence-corrected chi connectivity index (χ3v) is 3.70. The van der Waals surface area contributed by atoms with Crippen LogP contribution < -0.4 is 11.1 Å². The van der Waals surface area contributed by atoms with Crippen molar-refractivity contribution >= 4 is 17.9 Å². The Hall–Kier alpha value is -1.79. The van der Waals surface area contributed by atoms with Gasteiger partial charge >= 0.3 is 6.09 Å². The van der Waals surface area contributed by atoms with Crippen molar-refractivity contribution in [2.75, 3.05) is 6.54 Å². The molecule has 0 aromatic heterocycles. The summed E-state index contributed by atoms with van der Waals surface area (Å²) >= 11 is 0. The van der Waals surface area contributed by atoms with E-state index in [1.54, 1.807) is 20.8 Å². The molecule has 3 N–H and O–H groups in total. The van der Waals surface area contributed by atoms with Crippen LogP contribution in [0.2, 0.25) is 0 Å². The maximum Gasteiger partial charge on any atom is 0.408 e. The highest BCUT2D eigenvalue weighted by Crippen LogP contribution is 2.19. The summed E-state index contributed by atoms with van der Waals surface area (Å²) in [4.78, 5) is 37.7. The Balaban J connectivity index is 2.78. The molecule has 0 aliphatic carbocycles. The maximum atomic E-state index is 12.7. The minimum absolute atomic E-state index is 0.259. The Morgan fingerprint density at radius 3 is 2.52 bits per heavy atom. The van der Waals surface area contributed by atoms with Crippen LogP contribution in [0.5, 0.6) is 0 Å². The number of likely N-dealkylation sites (tertiary alicyclic amines) is 1. The van der Waals surface area contributed by atoms with Gasteiger partial charge in [0.1, 0.15) is 17.7 Å². The van der Waals surface area contributed by atoms with E-state index in [0.717, 1.165) is 19.3 Å². The number of hydrogen-bond acceptors (Lipinski definition) is 4. The van der Waals surface area contributed by atoms with Crippen molar-refractivity contribution in [1.82, 2.24) is 10.2 Å². The monoisotopic (exact) mass is 327 g/mol. The summed E-state index contributed by atoms with van der Waals surface area (Å²) in [7, 11) is 0. The van der Waals surface area contributed by atoms with Crippen LogP contribution in [0.15, 0.2) is 0 Å². The zero-order chi connectivity index (χ0) is 17.6. The second-order valence-corrected chi connectivity index (χ2v) is 6.93. The second-order valence-electron chi connectivity index (χ2n) is 6.93. The van der Waals surface area contributed by atoms with Gasteiger partial charge in [-0.2, -0.15) is 0 Å². The van der Waals surface area contributed by atoms with Gasteiger partial charge in [-0.15, -0.1) is 0 Å². The standard InChI is InChI=1S/C16H29N3O4/c1-5-6-8-11(18-15(22)23-16(2,3)4)14(21)19-10-7-9-12(19)13(17)20/h11-12H,5-10H2,1-4H3,(H2,17,20)(H,18,22)/t11-,12-/m0/s1. The Kier molecular flexibility index (Phi) is 6.84. The third kappa shape index (κ3) is 6.08. The van der Waals surface area contributed by atoms with E-state index in [2.05, 4.69) is 5.32 Å². The number of nitrogens with one attached hydrogen (secondary N) is 1. The smallest absolute Gasteiger partial charge is 0.408 e. The fourth-order valence-electron chi connectivity index (χ4n) is 2.64. The molecule has 0 saturated carbocycles. The van der Waals surface area contributed by atoms with Gasteiger partial charge in [-0.1, -0.05) is 19.8 Å². The Morgan fingerprint density at radius 1 is 1.35 bits per heavy atom. The van der Waals surface area contributed by atoms with Gasteiger partial charge in [-0.3, -0.25) is 9.59 Å². The summed E-state index contributed by atoms with van der Waals surface area (Å²) in [5, 5.41) is 2.64. The van der Waals surface area contributed by atoms with Crippen molar-refractivity contribution in [3.8, 4) is 0 Å². The molecule has 1 fully saturated rings. The van der Waals surface area contributed by atoms with E-state index in [-0.39, 0.29) is 5.91 Å². The average Bonchev–Trinajstić information content (AvgIpc) is 2.90. The summed E-state index contributed by atoms with van der Waals surface area (Å²) in [6.45, 7) is 7.79. The number of alkyl carbamates (subject to hydrolysis) is 1. The first-order chi connectivity index (χ1) is 10.7. The van der Waals surface area contributed by atoms with Crippen LogP contribution in [-0.2, 0) is 14.3 Å². The lowest BCUT2D eigenvalue weighted by molar-refractivity contribution is -0.139. The van der Waals surface area contributed by atoms with Crippen LogP contribution in [0.25, 0.3) is 0 Å². The number of carbonyl (C=O) groups excluding carboxylic acids is 3. The van der Waals surface area contributed by atoms with Crippen LogP contribution in [0.1, 0.15) is 59.8 Å². The number of nitrogens with two attached hydrogens (primary N) is 1. The Morgan fingerprint density at radius 2 is 2.00 bits per heavy atom. The van der Waals surface area contributed by atoms with E-state index < -0.39 is 29.7 Å². The maximum absolute atomic E-state index is 12.7. The molecule has 0 spiro atoms. The molecule has 2 atom stereocenters. The highest BCUT2D eigenvalue weighted by molar-refractivity contribution is 5.91. The van der Waals surface area contributed by atoms with Crippen molar-refractivity contribution in [1.29, 1.82) is 0 Å². The molecule has 1 heterocycles. The molecule has 1 aliphatic rings. The molecule has 1 rings (SSSR count). The molecule has 0 aromatic rings. The molecule has 3 amide bonds. The number of amides is 3. The van der Waals surface area contributed by atoms with Crippen molar-refractivity contribution in [3.05, 3.63) is 0 Å². The van der Waals surface area contributed by atoms with Crippen molar-refractivity contribution in [2.45, 2.75) is 77.5 Å². The molecule has 23 heavy (non-hydrogen) atoms. The molecule has 7 nitrogen and oxygen atoms in total. The summed E-state index contributed by atoms with van der Waals surface area (Å²) < 4.78 is 5.22. The minimum atomic E-state index is -0.690. The number of rotatable bonds is 6. The highest BCUT2D eigenvalue weighted by Gasteiger charge is 2.36. The summed E-state index contributed by atoms with van der Waals surface area (Å²) in [5.41, 5.74) is 4.73. The number of unbranched alkanes of at least 4 members (excludes halogenated alkanes) is 1. The van der Waals surface area contributed by atoms with Gasteiger partial charge in [0.25, 0.3) is 0 Å². The van der Waals surface area contributed by atoms with Crippen LogP contribution in [-0.4, -0.2) is 47.0 Å². The van der Waals surface area contributed by atoms with Crippen LogP contribution in [0.4, 0.5) is 4.79 Å². The number of nitrogens with zero attached hydrogens (tertiary/aromatic N) is 1. The van der Waals surface area contributed by atoms with E-state index in [4.69, 9.17) is 10.5 Å². The lowest BCUT2D eigenvalue weighted by Crippen LogP contribution is -2.53. The third-order valence-electron chi connectivity index (χ3n) is 3.70. The molecule has 7 heteroatoms. The van der Waals surface area contributed by atoms with Gasteiger partial charge in [0.05, 0.1) is 0 Å². The van der Waals surface area contributed by atoms with Crippen molar-refractivity contribution < 1.29 is 19.1 Å². The number of ether oxygens (including phenoxy) is 1. The summed E-state index contributed by atoms with van der Waals surface area (Å²) in [6, 6.07) is -1.27. The molecule has 0 radical (unpaired) electrons. The molecule has 1 aliphatic heterocycles. The predicted octanol–water partition coefficient (Wildman–Crippen LogP) is 1.55. The molecular formula is C16H29N3O4. The van der Waals surface area contributed by atoms with Gasteiger partial charge in [0, 0.05) is 6.54 Å². The second kappa shape index (κ2) is 8.17. The average molecular weight is 327 g/mol. The zero-order valence-corrected chi connectivity index (χ0v) is 14.6. The zero-order valence-electron chi connectivity index (χ0n) is 14.6. The molecule has 0 aromatic carbocycles. The van der Waals surface area contributed by atoms with E-state index in [9.17, 15) is 14.4 Å².